The molecular formula is C13H12Cl2F3N3O2S. The van der Waals surface area contributed by atoms with Gasteiger partial charge in [-0.25, -0.2) is 9.67 Å². The number of halogens is 5. The van der Waals surface area contributed by atoms with Crippen LogP contribution >= 0.6 is 21.4 Å². The zero-order chi connectivity index (χ0) is 18.1. The minimum Gasteiger partial charge on any atom is -0.220 e. The molecule has 1 aliphatic carbocycles. The van der Waals surface area contributed by atoms with Crippen molar-refractivity contribution in [3.63, 3.8) is 0 Å². The Hall–Kier alpha value is -1.32. The molecule has 0 radical (unpaired) electrons. The van der Waals surface area contributed by atoms with Crippen molar-refractivity contribution in [3.05, 3.63) is 41.5 Å². The molecule has 0 unspecified atom stereocenters. The largest absolute Gasteiger partial charge is 0.453 e. The number of nitrogens with zero attached hydrogens (tertiary/aromatic N) is 3. The van der Waals surface area contributed by atoms with Gasteiger partial charge in [0.15, 0.2) is 0 Å². The van der Waals surface area contributed by atoms with Gasteiger partial charge >= 0.3 is 14.4 Å². The minimum atomic E-state index is -4.51. The van der Waals surface area contributed by atoms with E-state index >= 15 is 0 Å². The average molecular weight is 402 g/mol. The smallest absolute Gasteiger partial charge is 0.220 e. The van der Waals surface area contributed by atoms with Gasteiger partial charge in [0.25, 0.3) is 5.82 Å². The first-order valence-electron chi connectivity index (χ1n) is 6.69. The van der Waals surface area contributed by atoms with Crippen LogP contribution in [0, 0.1) is 6.92 Å². The Balaban J connectivity index is 0.000000368. The van der Waals surface area contributed by atoms with E-state index in [0.717, 1.165) is 11.9 Å². The van der Waals surface area contributed by atoms with Crippen LogP contribution in [0.3, 0.4) is 0 Å². The summed E-state index contributed by atoms with van der Waals surface area (Å²) in [6.07, 6.45) is -1.02. The summed E-state index contributed by atoms with van der Waals surface area (Å²) in [5.74, 6) is -0.493. The fraction of sp³-hybridized carbons (Fsp3) is 0.385. The van der Waals surface area contributed by atoms with Crippen LogP contribution in [-0.2, 0) is 14.4 Å². The molecule has 0 amide bonds. The Morgan fingerprint density at radius 1 is 1.25 bits per heavy atom. The Morgan fingerprint density at radius 2 is 1.83 bits per heavy atom. The highest BCUT2D eigenvalue weighted by Gasteiger charge is 2.36. The Kier molecular flexibility index (Phi) is 5.46. The van der Waals surface area contributed by atoms with Gasteiger partial charge in [0.05, 0.1) is 5.69 Å². The van der Waals surface area contributed by atoms with Crippen LogP contribution in [-0.4, -0.2) is 23.2 Å². The Bertz CT molecular complexity index is 825. The van der Waals surface area contributed by atoms with Gasteiger partial charge in [-0.2, -0.15) is 21.6 Å². The molecule has 0 spiro atoms. The highest BCUT2D eigenvalue weighted by molar-refractivity contribution is 8.31. The van der Waals surface area contributed by atoms with E-state index in [9.17, 15) is 13.2 Å². The second-order valence-corrected chi connectivity index (χ2v) is 8.88. The summed E-state index contributed by atoms with van der Waals surface area (Å²) in [5, 5.41) is 3.48. The molecule has 0 bridgehead atoms. The predicted molar refractivity (Wildman–Crippen MR) is 83.7 cm³/mol. The van der Waals surface area contributed by atoms with E-state index in [4.69, 9.17) is 8.42 Å². The van der Waals surface area contributed by atoms with E-state index in [1.54, 1.807) is 6.07 Å². The fourth-order valence-corrected chi connectivity index (χ4v) is 2.12. The molecular weight excluding hydrogens is 390 g/mol. The third-order valence-corrected chi connectivity index (χ3v) is 3.26. The SMILES string of the molecule is Cc1cc(C2CC2)ccc1-n1cnc(C(F)(F)F)n1.O=S(=O)(Cl)Cl. The number of hydrogen-bond acceptors (Lipinski definition) is 4. The van der Waals surface area contributed by atoms with E-state index in [1.165, 1.54) is 23.1 Å². The van der Waals surface area contributed by atoms with Crippen LogP contribution in [0.5, 0.6) is 0 Å². The number of rotatable bonds is 2. The maximum absolute atomic E-state index is 12.5. The molecule has 24 heavy (non-hydrogen) atoms. The van der Waals surface area contributed by atoms with Crippen LogP contribution < -0.4 is 0 Å². The minimum absolute atomic E-state index is 0.620. The lowest BCUT2D eigenvalue weighted by Gasteiger charge is -2.07. The van der Waals surface area contributed by atoms with Crippen molar-refractivity contribution in [2.75, 3.05) is 0 Å². The van der Waals surface area contributed by atoms with Crippen molar-refractivity contribution in [3.8, 4) is 5.69 Å². The first-order chi connectivity index (χ1) is 10.9. The lowest BCUT2D eigenvalue weighted by Crippen LogP contribution is -2.09. The van der Waals surface area contributed by atoms with Gasteiger partial charge in [0, 0.05) is 21.4 Å². The Morgan fingerprint density at radius 3 is 2.25 bits per heavy atom. The number of hydrogen-bond donors (Lipinski definition) is 0. The standard InChI is InChI=1S/C13H12F3N3.Cl2O2S/c1-8-6-10(9-2-3-9)4-5-11(8)19-7-17-12(18-19)13(14,15)16;1-5(2,3)4/h4-7,9H,2-3H2,1H3;. The summed E-state index contributed by atoms with van der Waals surface area (Å²) in [6.45, 7) is 1.87. The van der Waals surface area contributed by atoms with Gasteiger partial charge in [-0.15, -0.1) is 5.10 Å². The first-order valence-corrected chi connectivity index (χ1v) is 9.82. The molecule has 0 atom stereocenters. The first kappa shape index (κ1) is 19.0. The topological polar surface area (TPSA) is 64.8 Å². The molecule has 3 rings (SSSR count). The van der Waals surface area contributed by atoms with Crippen molar-refractivity contribution in [1.29, 1.82) is 0 Å². The maximum Gasteiger partial charge on any atom is 0.453 e. The highest BCUT2D eigenvalue weighted by Crippen LogP contribution is 2.40. The third-order valence-electron chi connectivity index (χ3n) is 3.26. The van der Waals surface area contributed by atoms with Gasteiger partial charge in [-0.1, -0.05) is 12.1 Å². The molecule has 2 aromatic rings. The molecule has 0 saturated heterocycles. The van der Waals surface area contributed by atoms with E-state index in [1.807, 2.05) is 19.1 Å². The average Bonchev–Trinajstić information content (AvgIpc) is 3.13. The summed E-state index contributed by atoms with van der Waals surface area (Å²) in [7, 11) is 4.81. The van der Waals surface area contributed by atoms with Gasteiger partial charge in [0.2, 0.25) is 0 Å². The molecule has 1 aliphatic rings. The second kappa shape index (κ2) is 6.89. The summed E-state index contributed by atoms with van der Waals surface area (Å²) < 4.78 is 56.9. The summed E-state index contributed by atoms with van der Waals surface area (Å²) >= 11 is 0. The number of alkyl halides is 3. The summed E-state index contributed by atoms with van der Waals surface area (Å²) in [5.41, 5.74) is 2.79. The second-order valence-electron chi connectivity index (χ2n) is 5.21. The molecule has 132 valence electrons. The molecule has 0 N–H and O–H groups in total. The van der Waals surface area contributed by atoms with Gasteiger partial charge < -0.3 is 0 Å². The van der Waals surface area contributed by atoms with Crippen LogP contribution in [0.15, 0.2) is 24.5 Å². The predicted octanol–water partition coefficient (Wildman–Crippen LogP) is 4.18. The lowest BCUT2D eigenvalue weighted by molar-refractivity contribution is -0.144. The number of aromatic nitrogens is 3. The summed E-state index contributed by atoms with van der Waals surface area (Å²) in [6, 6.07) is 5.77. The highest BCUT2D eigenvalue weighted by atomic mass is 36.0. The van der Waals surface area contributed by atoms with Gasteiger partial charge in [-0.3, -0.25) is 0 Å². The maximum atomic E-state index is 12.5. The van der Waals surface area contributed by atoms with Gasteiger partial charge in [-0.05, 0) is 42.9 Å². The molecule has 1 fully saturated rings. The van der Waals surface area contributed by atoms with Crippen molar-refractivity contribution < 1.29 is 21.6 Å². The van der Waals surface area contributed by atoms with Crippen molar-refractivity contribution >= 4 is 29.6 Å². The van der Waals surface area contributed by atoms with E-state index in [2.05, 4.69) is 31.4 Å². The van der Waals surface area contributed by atoms with E-state index in [0.29, 0.717) is 11.6 Å². The monoisotopic (exact) mass is 401 g/mol. The quantitative estimate of drug-likeness (QED) is 0.707. The number of benzene rings is 1. The molecule has 1 heterocycles. The van der Waals surface area contributed by atoms with Crippen molar-refractivity contribution in [1.82, 2.24) is 14.8 Å². The molecule has 5 nitrogen and oxygen atoms in total. The molecule has 0 aliphatic heterocycles. The lowest BCUT2D eigenvalue weighted by atomic mass is 10.1. The molecule has 1 saturated carbocycles. The zero-order valence-corrected chi connectivity index (χ0v) is 14.6. The zero-order valence-electron chi connectivity index (χ0n) is 12.3. The third kappa shape index (κ3) is 5.64. The van der Waals surface area contributed by atoms with Gasteiger partial charge in [0.1, 0.15) is 6.33 Å². The fourth-order valence-electron chi connectivity index (χ4n) is 2.12. The number of aryl methyl sites for hydroxylation is 1. The molecule has 1 aromatic carbocycles. The van der Waals surface area contributed by atoms with Crippen molar-refractivity contribution in [2.45, 2.75) is 31.9 Å². The van der Waals surface area contributed by atoms with E-state index < -0.39 is 20.3 Å². The van der Waals surface area contributed by atoms with Crippen molar-refractivity contribution in [2.24, 2.45) is 0 Å². The van der Waals surface area contributed by atoms with Crippen LogP contribution in [0.2, 0.25) is 0 Å². The molecule has 1 aromatic heterocycles. The van der Waals surface area contributed by atoms with Crippen LogP contribution in [0.25, 0.3) is 5.69 Å². The molecule has 11 heteroatoms. The summed E-state index contributed by atoms with van der Waals surface area (Å²) in [4.78, 5) is 3.30. The normalized spacial score (nSPS) is 14.9. The van der Waals surface area contributed by atoms with Crippen LogP contribution in [0.1, 0.15) is 35.7 Å². The Labute approximate surface area is 145 Å². The van der Waals surface area contributed by atoms with Crippen LogP contribution in [0.4, 0.5) is 13.2 Å². The van der Waals surface area contributed by atoms with E-state index in [-0.39, 0.29) is 0 Å².